The second-order valence-corrected chi connectivity index (χ2v) is 7.04. The average Bonchev–Trinajstić information content (AvgIpc) is 3.35. The van der Waals surface area contributed by atoms with Crippen molar-refractivity contribution in [3.63, 3.8) is 0 Å². The molecular formula is C23H16FNO2. The van der Waals surface area contributed by atoms with E-state index in [1.54, 1.807) is 0 Å². The summed E-state index contributed by atoms with van der Waals surface area (Å²) in [4.78, 5) is 27.6. The van der Waals surface area contributed by atoms with Gasteiger partial charge in [-0.05, 0) is 35.4 Å². The Labute approximate surface area is 156 Å². The molecule has 1 saturated carbocycles. The number of fused-ring (bicyclic) bond motifs is 1. The molecule has 2 unspecified atom stereocenters. The highest BCUT2D eigenvalue weighted by molar-refractivity contribution is 6.27. The van der Waals surface area contributed by atoms with Crippen molar-refractivity contribution in [1.29, 1.82) is 0 Å². The summed E-state index contributed by atoms with van der Waals surface area (Å²) >= 11 is 0. The largest absolute Gasteiger partial charge is 0.274 e. The molecule has 3 aromatic carbocycles. The fourth-order valence-electron chi connectivity index (χ4n) is 4.61. The van der Waals surface area contributed by atoms with Gasteiger partial charge in [-0.25, -0.2) is 9.29 Å². The third-order valence-corrected chi connectivity index (χ3v) is 5.77. The summed E-state index contributed by atoms with van der Waals surface area (Å²) in [6.07, 6.45) is 0. The normalized spacial score (nSPS) is 22.6. The zero-order chi connectivity index (χ0) is 18.6. The molecule has 27 heavy (non-hydrogen) atoms. The Morgan fingerprint density at radius 2 is 1.11 bits per heavy atom. The molecule has 1 heterocycles. The number of imide groups is 1. The zero-order valence-electron chi connectivity index (χ0n) is 14.4. The van der Waals surface area contributed by atoms with Gasteiger partial charge >= 0.3 is 0 Å². The summed E-state index contributed by atoms with van der Waals surface area (Å²) in [6.45, 7) is 0. The first-order valence-electron chi connectivity index (χ1n) is 8.90. The van der Waals surface area contributed by atoms with Crippen LogP contribution in [0.1, 0.15) is 11.1 Å². The Hall–Kier alpha value is -3.27. The molecule has 0 bridgehead atoms. The third-order valence-electron chi connectivity index (χ3n) is 5.77. The number of rotatable bonds is 3. The maximum Gasteiger partial charge on any atom is 0.239 e. The van der Waals surface area contributed by atoms with E-state index in [-0.39, 0.29) is 11.8 Å². The number of hydrogen-bond acceptors (Lipinski definition) is 2. The van der Waals surface area contributed by atoms with E-state index in [1.165, 1.54) is 29.2 Å². The molecule has 4 heteroatoms. The molecule has 2 fully saturated rings. The van der Waals surface area contributed by atoms with Crippen LogP contribution < -0.4 is 4.90 Å². The van der Waals surface area contributed by atoms with E-state index >= 15 is 0 Å². The summed E-state index contributed by atoms with van der Waals surface area (Å²) in [5.41, 5.74) is 1.76. The van der Waals surface area contributed by atoms with Crippen LogP contribution in [-0.4, -0.2) is 11.8 Å². The van der Waals surface area contributed by atoms with E-state index in [0.29, 0.717) is 5.69 Å². The van der Waals surface area contributed by atoms with Crippen molar-refractivity contribution in [3.05, 3.63) is 102 Å². The number of amides is 2. The second kappa shape index (κ2) is 5.61. The molecule has 1 aliphatic heterocycles. The standard InChI is InChI=1S/C23H16FNO2/c24-17-11-13-18(14-12-17)25-21(26)19-20(22(25)27)23(19,15-7-3-1-4-8-15)16-9-5-2-6-10-16/h1-14,19-20H. The molecule has 5 rings (SSSR count). The van der Waals surface area contributed by atoms with Crippen molar-refractivity contribution in [2.24, 2.45) is 11.8 Å². The molecule has 1 aliphatic carbocycles. The van der Waals surface area contributed by atoms with Crippen LogP contribution in [0.15, 0.2) is 84.9 Å². The highest BCUT2D eigenvalue weighted by Gasteiger charge is 2.78. The van der Waals surface area contributed by atoms with Crippen molar-refractivity contribution in [2.45, 2.75) is 5.41 Å². The van der Waals surface area contributed by atoms with Gasteiger partial charge in [0.1, 0.15) is 5.82 Å². The summed E-state index contributed by atoms with van der Waals surface area (Å²) in [7, 11) is 0. The minimum Gasteiger partial charge on any atom is -0.274 e. The van der Waals surface area contributed by atoms with Gasteiger partial charge in [-0.2, -0.15) is 0 Å². The van der Waals surface area contributed by atoms with Gasteiger partial charge in [0, 0.05) is 5.41 Å². The summed E-state index contributed by atoms with van der Waals surface area (Å²) < 4.78 is 13.2. The van der Waals surface area contributed by atoms with Crippen LogP contribution in [0.5, 0.6) is 0 Å². The topological polar surface area (TPSA) is 37.4 Å². The van der Waals surface area contributed by atoms with Gasteiger partial charge in [-0.15, -0.1) is 0 Å². The monoisotopic (exact) mass is 357 g/mol. The van der Waals surface area contributed by atoms with Gasteiger partial charge in [0.15, 0.2) is 0 Å². The van der Waals surface area contributed by atoms with Gasteiger partial charge in [0.2, 0.25) is 11.8 Å². The van der Waals surface area contributed by atoms with Gasteiger partial charge in [0.05, 0.1) is 17.5 Å². The van der Waals surface area contributed by atoms with E-state index < -0.39 is 23.1 Å². The molecule has 132 valence electrons. The molecule has 3 nitrogen and oxygen atoms in total. The Morgan fingerprint density at radius 3 is 1.56 bits per heavy atom. The lowest BCUT2D eigenvalue weighted by Gasteiger charge is -2.26. The lowest BCUT2D eigenvalue weighted by Crippen LogP contribution is -2.39. The number of hydrogen-bond donors (Lipinski definition) is 0. The van der Waals surface area contributed by atoms with Crippen molar-refractivity contribution < 1.29 is 14.0 Å². The molecule has 0 aromatic heterocycles. The molecule has 1 saturated heterocycles. The van der Waals surface area contributed by atoms with Crippen molar-refractivity contribution in [1.82, 2.24) is 0 Å². The Bertz CT molecular complexity index is 967. The number of halogens is 1. The first-order valence-corrected chi connectivity index (χ1v) is 8.90. The number of piperidine rings is 1. The molecule has 0 radical (unpaired) electrons. The van der Waals surface area contributed by atoms with E-state index in [2.05, 4.69) is 0 Å². The van der Waals surface area contributed by atoms with Crippen LogP contribution in [-0.2, 0) is 15.0 Å². The lowest BCUT2D eigenvalue weighted by atomic mass is 9.83. The van der Waals surface area contributed by atoms with Gasteiger partial charge in [0.25, 0.3) is 0 Å². The quantitative estimate of drug-likeness (QED) is 0.666. The van der Waals surface area contributed by atoms with Crippen LogP contribution in [0, 0.1) is 17.7 Å². The number of carbonyl (C=O) groups is 2. The van der Waals surface area contributed by atoms with Crippen LogP contribution in [0.2, 0.25) is 0 Å². The van der Waals surface area contributed by atoms with Gasteiger partial charge < -0.3 is 0 Å². The smallest absolute Gasteiger partial charge is 0.239 e. The van der Waals surface area contributed by atoms with E-state index in [9.17, 15) is 14.0 Å². The first-order chi connectivity index (χ1) is 13.2. The second-order valence-electron chi connectivity index (χ2n) is 7.04. The van der Waals surface area contributed by atoms with Crippen molar-refractivity contribution in [2.75, 3.05) is 4.90 Å². The highest BCUT2D eigenvalue weighted by Crippen LogP contribution is 2.68. The number of benzene rings is 3. The fourth-order valence-corrected chi connectivity index (χ4v) is 4.61. The average molecular weight is 357 g/mol. The first kappa shape index (κ1) is 15.9. The number of carbonyl (C=O) groups excluding carboxylic acids is 2. The van der Waals surface area contributed by atoms with Gasteiger partial charge in [-0.1, -0.05) is 60.7 Å². The molecule has 0 N–H and O–H groups in total. The van der Waals surface area contributed by atoms with E-state index in [1.807, 2.05) is 60.7 Å². The number of nitrogens with zero attached hydrogens (tertiary/aromatic N) is 1. The van der Waals surface area contributed by atoms with Crippen LogP contribution in [0.25, 0.3) is 0 Å². The third kappa shape index (κ3) is 2.07. The molecule has 0 spiro atoms. The molecule has 3 aromatic rings. The van der Waals surface area contributed by atoms with Gasteiger partial charge in [-0.3, -0.25) is 9.59 Å². The Balaban J connectivity index is 1.61. The molecule has 2 atom stereocenters. The molecule has 2 aliphatic rings. The molecule has 2 amide bonds. The van der Waals surface area contributed by atoms with Crippen LogP contribution in [0.3, 0.4) is 0 Å². The predicted molar refractivity (Wildman–Crippen MR) is 99.5 cm³/mol. The number of anilines is 1. The SMILES string of the molecule is O=C1C2C(C(=O)N1c1ccc(F)cc1)C2(c1ccccc1)c1ccccc1. The lowest BCUT2D eigenvalue weighted by molar-refractivity contribution is -0.124. The Morgan fingerprint density at radius 1 is 0.667 bits per heavy atom. The Kier molecular flexibility index (Phi) is 3.31. The summed E-state index contributed by atoms with van der Waals surface area (Å²) in [5.74, 6) is -1.70. The van der Waals surface area contributed by atoms with Crippen molar-refractivity contribution in [3.8, 4) is 0 Å². The van der Waals surface area contributed by atoms with Crippen molar-refractivity contribution >= 4 is 17.5 Å². The summed E-state index contributed by atoms with van der Waals surface area (Å²) in [5, 5.41) is 0. The van der Waals surface area contributed by atoms with E-state index in [0.717, 1.165) is 11.1 Å². The minimum absolute atomic E-state index is 0.218. The molecular weight excluding hydrogens is 341 g/mol. The summed E-state index contributed by atoms with van der Waals surface area (Å²) in [6, 6.07) is 25.0. The predicted octanol–water partition coefficient (Wildman–Crippen LogP) is 3.93. The zero-order valence-corrected chi connectivity index (χ0v) is 14.4. The fraction of sp³-hybridized carbons (Fsp3) is 0.130. The van der Waals surface area contributed by atoms with Crippen LogP contribution in [0.4, 0.5) is 10.1 Å². The maximum atomic E-state index is 13.2. The highest BCUT2D eigenvalue weighted by atomic mass is 19.1. The van der Waals surface area contributed by atoms with Crippen LogP contribution >= 0.6 is 0 Å². The van der Waals surface area contributed by atoms with E-state index in [4.69, 9.17) is 0 Å². The minimum atomic E-state index is -0.618. The maximum absolute atomic E-state index is 13.2.